The Morgan fingerprint density at radius 1 is 1.30 bits per heavy atom. The molecule has 2 aromatic rings. The fourth-order valence-corrected chi connectivity index (χ4v) is 2.10. The zero-order valence-corrected chi connectivity index (χ0v) is 12.0. The molecule has 0 amide bonds. The molecular formula is C13H16F2N2O2S. The van der Waals surface area contributed by atoms with Crippen molar-refractivity contribution >= 4 is 11.8 Å². The van der Waals surface area contributed by atoms with Crippen molar-refractivity contribution in [1.82, 2.24) is 10.3 Å². The average Bonchev–Trinajstić information content (AvgIpc) is 3.02. The number of aryl methyl sites for hydroxylation is 1. The van der Waals surface area contributed by atoms with E-state index in [0.717, 1.165) is 5.76 Å². The second kappa shape index (κ2) is 6.90. The van der Waals surface area contributed by atoms with E-state index in [2.05, 4.69) is 10.3 Å². The van der Waals surface area contributed by atoms with E-state index in [0.29, 0.717) is 35.7 Å². The van der Waals surface area contributed by atoms with E-state index in [4.69, 9.17) is 8.83 Å². The zero-order valence-electron chi connectivity index (χ0n) is 11.2. The molecule has 0 spiro atoms. The quantitative estimate of drug-likeness (QED) is 0.841. The van der Waals surface area contributed by atoms with Crippen LogP contribution in [-0.2, 0) is 12.3 Å². The van der Waals surface area contributed by atoms with E-state index >= 15 is 0 Å². The molecule has 0 aromatic carbocycles. The van der Waals surface area contributed by atoms with Crippen molar-refractivity contribution in [3.63, 3.8) is 0 Å². The lowest BCUT2D eigenvalue weighted by Gasteiger charge is -2.08. The fraction of sp³-hybridized carbons (Fsp3) is 0.462. The van der Waals surface area contributed by atoms with Gasteiger partial charge in [0.2, 0.25) is 5.89 Å². The van der Waals surface area contributed by atoms with Gasteiger partial charge in [0.15, 0.2) is 0 Å². The summed E-state index contributed by atoms with van der Waals surface area (Å²) in [6.45, 7) is 4.26. The number of furan rings is 1. The number of oxazole rings is 1. The Balaban J connectivity index is 1.82. The second-order valence-electron chi connectivity index (χ2n) is 4.35. The van der Waals surface area contributed by atoms with Crippen molar-refractivity contribution in [2.24, 2.45) is 0 Å². The maximum atomic E-state index is 12.1. The predicted molar refractivity (Wildman–Crippen MR) is 72.5 cm³/mol. The highest BCUT2D eigenvalue weighted by Gasteiger charge is 2.12. The maximum absolute atomic E-state index is 12.1. The summed E-state index contributed by atoms with van der Waals surface area (Å²) >= 11 is 0.549. The lowest BCUT2D eigenvalue weighted by Crippen LogP contribution is -2.17. The van der Waals surface area contributed by atoms with Gasteiger partial charge >= 0.3 is 0 Å². The van der Waals surface area contributed by atoms with Crippen molar-refractivity contribution in [1.29, 1.82) is 0 Å². The van der Waals surface area contributed by atoms with Crippen molar-refractivity contribution < 1.29 is 17.6 Å². The number of nitrogens with one attached hydrogen (secondary N) is 1. The van der Waals surface area contributed by atoms with E-state index < -0.39 is 5.76 Å². The summed E-state index contributed by atoms with van der Waals surface area (Å²) < 4.78 is 35.0. The first kappa shape index (κ1) is 15.1. The van der Waals surface area contributed by atoms with Crippen LogP contribution in [0.2, 0.25) is 0 Å². The van der Waals surface area contributed by atoms with Gasteiger partial charge in [0.1, 0.15) is 17.3 Å². The van der Waals surface area contributed by atoms with Crippen LogP contribution in [0.4, 0.5) is 8.78 Å². The SMILES string of the molecule is Cc1cnc(C(C)NCc2ccc(CSC(F)F)o2)o1. The normalized spacial score (nSPS) is 13.1. The van der Waals surface area contributed by atoms with E-state index in [1.165, 1.54) is 0 Å². The fourth-order valence-electron chi connectivity index (χ4n) is 1.65. The van der Waals surface area contributed by atoms with Gasteiger partial charge in [-0.15, -0.1) is 0 Å². The van der Waals surface area contributed by atoms with Crippen LogP contribution in [0, 0.1) is 6.92 Å². The molecular weight excluding hydrogens is 286 g/mol. The summed E-state index contributed by atoms with van der Waals surface area (Å²) in [7, 11) is 0. The first-order valence-electron chi connectivity index (χ1n) is 6.17. The number of hydrogen-bond donors (Lipinski definition) is 1. The van der Waals surface area contributed by atoms with E-state index in [1.807, 2.05) is 13.8 Å². The molecule has 0 radical (unpaired) electrons. The third-order valence-electron chi connectivity index (χ3n) is 2.66. The van der Waals surface area contributed by atoms with Gasteiger partial charge in [0, 0.05) is 0 Å². The Kier molecular flexibility index (Phi) is 5.19. The molecule has 0 aliphatic rings. The zero-order chi connectivity index (χ0) is 14.5. The van der Waals surface area contributed by atoms with Gasteiger partial charge in [-0.1, -0.05) is 11.8 Å². The van der Waals surface area contributed by atoms with E-state index in [9.17, 15) is 8.78 Å². The number of aromatic nitrogens is 1. The summed E-state index contributed by atoms with van der Waals surface area (Å²) in [5.41, 5.74) is 0. The largest absolute Gasteiger partial charge is 0.464 e. The molecule has 1 atom stereocenters. The summed E-state index contributed by atoms with van der Waals surface area (Å²) in [4.78, 5) is 4.14. The molecule has 110 valence electrons. The van der Waals surface area contributed by atoms with Gasteiger partial charge in [-0.2, -0.15) is 8.78 Å². The van der Waals surface area contributed by atoms with Crippen LogP contribution in [0.15, 0.2) is 27.2 Å². The molecule has 4 nitrogen and oxygen atoms in total. The lowest BCUT2D eigenvalue weighted by molar-refractivity contribution is 0.251. The number of hydrogen-bond acceptors (Lipinski definition) is 5. The van der Waals surface area contributed by atoms with Crippen LogP contribution < -0.4 is 5.32 Å². The number of alkyl halides is 2. The van der Waals surface area contributed by atoms with Gasteiger partial charge < -0.3 is 8.83 Å². The van der Waals surface area contributed by atoms with E-state index in [-0.39, 0.29) is 11.8 Å². The number of nitrogens with zero attached hydrogens (tertiary/aromatic N) is 1. The van der Waals surface area contributed by atoms with Gasteiger partial charge in [-0.05, 0) is 26.0 Å². The highest BCUT2D eigenvalue weighted by Crippen LogP contribution is 2.21. The molecule has 0 aliphatic carbocycles. The highest BCUT2D eigenvalue weighted by molar-refractivity contribution is 7.98. The second-order valence-corrected chi connectivity index (χ2v) is 5.33. The van der Waals surface area contributed by atoms with Crippen molar-refractivity contribution in [3.8, 4) is 0 Å². The van der Waals surface area contributed by atoms with Crippen molar-refractivity contribution in [3.05, 3.63) is 41.5 Å². The molecule has 1 N–H and O–H groups in total. The molecule has 2 heterocycles. The van der Waals surface area contributed by atoms with Crippen LogP contribution in [0.25, 0.3) is 0 Å². The Morgan fingerprint density at radius 2 is 2.05 bits per heavy atom. The standard InChI is InChI=1S/C13H16F2N2O2S/c1-8-5-17-12(18-8)9(2)16-6-10-3-4-11(19-10)7-20-13(14)15/h3-5,9,13,16H,6-7H2,1-2H3. The van der Waals surface area contributed by atoms with Crippen molar-refractivity contribution in [2.75, 3.05) is 0 Å². The minimum absolute atomic E-state index is 0.0484. The van der Waals surface area contributed by atoms with Gasteiger partial charge in [0.25, 0.3) is 5.76 Å². The molecule has 0 fully saturated rings. The smallest absolute Gasteiger partial charge is 0.284 e. The Bertz CT molecular complexity index is 542. The lowest BCUT2D eigenvalue weighted by atomic mass is 10.3. The average molecular weight is 302 g/mol. The topological polar surface area (TPSA) is 51.2 Å². The molecule has 2 aromatic heterocycles. The molecule has 2 rings (SSSR count). The third-order valence-corrected chi connectivity index (χ3v) is 3.36. The van der Waals surface area contributed by atoms with Crippen LogP contribution in [-0.4, -0.2) is 10.7 Å². The molecule has 1 unspecified atom stereocenters. The van der Waals surface area contributed by atoms with Crippen LogP contribution in [0.5, 0.6) is 0 Å². The minimum Gasteiger partial charge on any atom is -0.464 e. The molecule has 0 saturated heterocycles. The van der Waals surface area contributed by atoms with Crippen LogP contribution in [0.3, 0.4) is 0 Å². The first-order valence-corrected chi connectivity index (χ1v) is 7.22. The van der Waals surface area contributed by atoms with E-state index in [1.54, 1.807) is 18.3 Å². The number of thioether (sulfide) groups is 1. The number of rotatable bonds is 7. The van der Waals surface area contributed by atoms with Crippen LogP contribution in [0.1, 0.15) is 36.1 Å². The summed E-state index contributed by atoms with van der Waals surface area (Å²) in [5.74, 6) is 0.416. The molecule has 0 bridgehead atoms. The Hall–Kier alpha value is -1.34. The minimum atomic E-state index is -2.38. The summed E-state index contributed by atoms with van der Waals surface area (Å²) in [6.07, 6.45) is 1.67. The van der Waals surface area contributed by atoms with Crippen LogP contribution >= 0.6 is 11.8 Å². The molecule has 0 aliphatic heterocycles. The Morgan fingerprint density at radius 3 is 2.70 bits per heavy atom. The van der Waals surface area contributed by atoms with Gasteiger partial charge in [-0.25, -0.2) is 4.98 Å². The summed E-state index contributed by atoms with van der Waals surface area (Å²) in [5, 5.41) is 3.20. The monoisotopic (exact) mass is 302 g/mol. The van der Waals surface area contributed by atoms with Gasteiger partial charge in [0.05, 0.1) is 24.5 Å². The highest BCUT2D eigenvalue weighted by atomic mass is 32.2. The van der Waals surface area contributed by atoms with Crippen molar-refractivity contribution in [2.45, 2.75) is 37.9 Å². The van der Waals surface area contributed by atoms with Gasteiger partial charge in [-0.3, -0.25) is 5.32 Å². The molecule has 7 heteroatoms. The third kappa shape index (κ3) is 4.35. The molecule has 0 saturated carbocycles. The number of halogens is 2. The predicted octanol–water partition coefficient (Wildman–Crippen LogP) is 3.88. The molecule has 20 heavy (non-hydrogen) atoms. The maximum Gasteiger partial charge on any atom is 0.284 e. The first-order chi connectivity index (χ1) is 9.54. The Labute approximate surface area is 119 Å². The summed E-state index contributed by atoms with van der Waals surface area (Å²) in [6, 6.07) is 3.45.